The van der Waals surface area contributed by atoms with E-state index in [4.69, 9.17) is 0 Å². The van der Waals surface area contributed by atoms with E-state index < -0.39 is 0 Å². The van der Waals surface area contributed by atoms with E-state index in [2.05, 4.69) is 26.0 Å². The number of hydrogen-bond acceptors (Lipinski definition) is 3. The minimum absolute atomic E-state index is 0.167. The Morgan fingerprint density at radius 2 is 1.26 bits per heavy atom. The maximum Gasteiger partial charge on any atom is 0.164 e. The van der Waals surface area contributed by atoms with Gasteiger partial charge in [0.25, 0.3) is 0 Å². The third-order valence-corrected chi connectivity index (χ3v) is 13.2. The van der Waals surface area contributed by atoms with Crippen molar-refractivity contribution in [1.29, 1.82) is 0 Å². The van der Waals surface area contributed by atoms with E-state index in [9.17, 15) is 15.0 Å². The van der Waals surface area contributed by atoms with Gasteiger partial charge in [0.15, 0.2) is 5.78 Å². The van der Waals surface area contributed by atoms with Crippen LogP contribution in [0.5, 0.6) is 11.5 Å². The molecule has 0 radical (unpaired) electrons. The largest absolute Gasteiger partial charge is 0.508 e. The highest BCUT2D eigenvalue weighted by molar-refractivity contribution is 6.03. The quantitative estimate of drug-likeness (QED) is 0.345. The molecule has 8 rings (SSSR count). The van der Waals surface area contributed by atoms with Crippen molar-refractivity contribution in [3.63, 3.8) is 0 Å². The van der Waals surface area contributed by atoms with Gasteiger partial charge in [0.2, 0.25) is 0 Å². The average molecular weight is 523 g/mol. The summed E-state index contributed by atoms with van der Waals surface area (Å²) in [5, 5.41) is 20.1. The number of aryl methyl sites for hydroxylation is 2. The minimum atomic E-state index is -0.199. The number of Topliss-reactive ketones (excluding diaryl/α,β-unsaturated/α-hetero) is 1. The third-order valence-electron chi connectivity index (χ3n) is 13.2. The number of allylic oxidation sites excluding steroid dienone is 2. The molecule has 0 heterocycles. The predicted octanol–water partition coefficient (Wildman–Crippen LogP) is 7.99. The van der Waals surface area contributed by atoms with Gasteiger partial charge >= 0.3 is 0 Å². The monoisotopic (exact) mass is 522 g/mol. The number of phenolic OH excluding ortho intramolecular Hbond substituents is 2. The smallest absolute Gasteiger partial charge is 0.164 e. The topological polar surface area (TPSA) is 57.5 Å². The third kappa shape index (κ3) is 3.25. The molecule has 0 spiro atoms. The first-order valence-electron chi connectivity index (χ1n) is 15.7. The van der Waals surface area contributed by atoms with Gasteiger partial charge in [0, 0.05) is 5.41 Å². The summed E-state index contributed by atoms with van der Waals surface area (Å²) in [5.41, 5.74) is 8.39. The lowest BCUT2D eigenvalue weighted by Gasteiger charge is -2.50. The molecule has 0 saturated heterocycles. The number of fused-ring (bicyclic) bond motifs is 10. The lowest BCUT2D eigenvalue weighted by Crippen LogP contribution is -2.42. The summed E-state index contributed by atoms with van der Waals surface area (Å²) in [6.07, 6.45) is 12.3. The fourth-order valence-electron chi connectivity index (χ4n) is 11.3. The van der Waals surface area contributed by atoms with Crippen LogP contribution in [-0.2, 0) is 17.6 Å². The molecule has 39 heavy (non-hydrogen) atoms. The van der Waals surface area contributed by atoms with Crippen LogP contribution in [0, 0.1) is 34.5 Å². The number of phenols is 2. The van der Waals surface area contributed by atoms with Crippen LogP contribution in [0.1, 0.15) is 106 Å². The molecule has 4 fully saturated rings. The summed E-state index contributed by atoms with van der Waals surface area (Å²) in [6.45, 7) is 4.84. The highest BCUT2D eigenvalue weighted by atomic mass is 16.3. The first kappa shape index (κ1) is 24.3. The van der Waals surface area contributed by atoms with Gasteiger partial charge in [0.05, 0.1) is 0 Å². The van der Waals surface area contributed by atoms with Crippen LogP contribution < -0.4 is 0 Å². The Balaban J connectivity index is 1.12. The second-order valence-electron chi connectivity index (χ2n) is 14.5. The summed E-state index contributed by atoms with van der Waals surface area (Å²) < 4.78 is 0. The van der Waals surface area contributed by atoms with Crippen molar-refractivity contribution < 1.29 is 15.0 Å². The molecule has 3 nitrogen and oxygen atoms in total. The van der Waals surface area contributed by atoms with E-state index in [1.54, 1.807) is 5.57 Å². The van der Waals surface area contributed by atoms with E-state index in [-0.39, 0.29) is 10.8 Å². The van der Waals surface area contributed by atoms with Gasteiger partial charge in [0.1, 0.15) is 11.5 Å². The fourth-order valence-corrected chi connectivity index (χ4v) is 11.3. The van der Waals surface area contributed by atoms with Crippen molar-refractivity contribution in [3.05, 3.63) is 69.8 Å². The number of benzene rings is 2. The normalized spacial score (nSPS) is 42.2. The molecule has 0 aromatic heterocycles. The van der Waals surface area contributed by atoms with Gasteiger partial charge in [-0.3, -0.25) is 4.79 Å². The highest BCUT2D eigenvalue weighted by Crippen LogP contribution is 2.67. The number of carbonyl (C=O) groups excluding carboxylic acids is 1. The molecule has 6 aliphatic rings. The Morgan fingerprint density at radius 1 is 0.692 bits per heavy atom. The summed E-state index contributed by atoms with van der Waals surface area (Å²) in [6, 6.07) is 12.1. The molecule has 4 saturated carbocycles. The molecular formula is C36H42O3. The van der Waals surface area contributed by atoms with Crippen LogP contribution in [0.2, 0.25) is 0 Å². The standard InChI is InChI=1S/C36H42O3/c1-35-15-13-26-24-9-5-22(37)17-20(24)3-7-28(26)31(35)11-12-32(35)30-19-33-29-8-4-21-18-23(38)6-10-25(21)27(29)14-16-36(33,2)34(30)39/h5-6,9-10,17-18,26-29,31,33,37-38H,3-4,7-8,11-16,19H2,1-2H3/b32-30-/t26-,27-,28-,29-,31+,33+,35+,36+/m1/s1. The van der Waals surface area contributed by atoms with E-state index in [0.29, 0.717) is 52.8 Å². The zero-order valence-electron chi connectivity index (χ0n) is 23.5. The van der Waals surface area contributed by atoms with Gasteiger partial charge in [-0.2, -0.15) is 0 Å². The lowest BCUT2D eigenvalue weighted by atomic mass is 9.55. The SMILES string of the molecule is C[C@]12CC[C@@H]3c4ccc(O)cc4CC[C@H]3[C@@H]1C/C(=C1\CC[C@H]3[C@@H]4CCc5cc(O)ccc5[C@H]4CC[C@]13C)C2=O. The predicted molar refractivity (Wildman–Crippen MR) is 153 cm³/mol. The number of rotatable bonds is 0. The summed E-state index contributed by atoms with van der Waals surface area (Å²) in [4.78, 5) is 14.4. The van der Waals surface area contributed by atoms with Crippen LogP contribution in [0.3, 0.4) is 0 Å². The summed E-state index contributed by atoms with van der Waals surface area (Å²) >= 11 is 0. The van der Waals surface area contributed by atoms with Crippen molar-refractivity contribution in [1.82, 2.24) is 0 Å². The van der Waals surface area contributed by atoms with Crippen molar-refractivity contribution in [2.24, 2.45) is 34.5 Å². The zero-order chi connectivity index (χ0) is 26.7. The number of carbonyl (C=O) groups is 1. The Bertz CT molecular complexity index is 1420. The number of ketones is 1. The van der Waals surface area contributed by atoms with Crippen molar-refractivity contribution in [2.75, 3.05) is 0 Å². The van der Waals surface area contributed by atoms with Gasteiger partial charge in [-0.1, -0.05) is 31.6 Å². The molecular weight excluding hydrogens is 480 g/mol. The second-order valence-corrected chi connectivity index (χ2v) is 14.5. The molecule has 0 aliphatic heterocycles. The van der Waals surface area contributed by atoms with Gasteiger partial charge in [-0.05, 0) is 164 Å². The molecule has 6 aliphatic carbocycles. The number of hydrogen-bond donors (Lipinski definition) is 2. The highest BCUT2D eigenvalue weighted by Gasteiger charge is 2.60. The minimum Gasteiger partial charge on any atom is -0.508 e. The molecule has 204 valence electrons. The molecule has 0 bridgehead atoms. The van der Waals surface area contributed by atoms with Crippen LogP contribution in [0.4, 0.5) is 0 Å². The zero-order valence-corrected chi connectivity index (χ0v) is 23.5. The van der Waals surface area contributed by atoms with Gasteiger partial charge in [-0.15, -0.1) is 0 Å². The summed E-state index contributed by atoms with van der Waals surface area (Å²) in [5.74, 6) is 4.84. The Labute approximate surface area is 232 Å². The molecule has 2 aromatic carbocycles. The van der Waals surface area contributed by atoms with E-state index in [1.165, 1.54) is 53.5 Å². The molecule has 2 N–H and O–H groups in total. The van der Waals surface area contributed by atoms with E-state index in [0.717, 1.165) is 44.9 Å². The Kier molecular flexibility index (Phi) is 5.13. The van der Waals surface area contributed by atoms with Crippen molar-refractivity contribution >= 4 is 5.78 Å². The van der Waals surface area contributed by atoms with Gasteiger partial charge in [-0.25, -0.2) is 0 Å². The van der Waals surface area contributed by atoms with Crippen molar-refractivity contribution in [3.8, 4) is 11.5 Å². The lowest BCUT2D eigenvalue weighted by molar-refractivity contribution is -0.127. The second kappa shape index (κ2) is 8.24. The van der Waals surface area contributed by atoms with E-state index >= 15 is 0 Å². The van der Waals surface area contributed by atoms with Crippen LogP contribution in [0.15, 0.2) is 47.5 Å². The fraction of sp³-hybridized carbons (Fsp3) is 0.583. The Morgan fingerprint density at radius 3 is 1.87 bits per heavy atom. The maximum absolute atomic E-state index is 14.4. The average Bonchev–Trinajstić information content (AvgIpc) is 3.41. The van der Waals surface area contributed by atoms with Crippen LogP contribution in [0.25, 0.3) is 0 Å². The van der Waals surface area contributed by atoms with Crippen molar-refractivity contribution in [2.45, 2.75) is 96.3 Å². The van der Waals surface area contributed by atoms with E-state index in [1.807, 2.05) is 24.3 Å². The maximum atomic E-state index is 14.4. The summed E-state index contributed by atoms with van der Waals surface area (Å²) in [7, 11) is 0. The van der Waals surface area contributed by atoms with Gasteiger partial charge < -0.3 is 10.2 Å². The molecule has 3 heteroatoms. The molecule has 0 amide bonds. The first-order valence-corrected chi connectivity index (χ1v) is 15.7. The molecule has 0 unspecified atom stereocenters. The number of aromatic hydroxyl groups is 2. The molecule has 2 aromatic rings. The molecule has 8 atom stereocenters. The first-order chi connectivity index (χ1) is 18.8. The Hall–Kier alpha value is -2.55. The van der Waals surface area contributed by atoms with Crippen LogP contribution >= 0.6 is 0 Å². The van der Waals surface area contributed by atoms with Crippen LogP contribution in [-0.4, -0.2) is 16.0 Å².